The number of amides is 1. The predicted molar refractivity (Wildman–Crippen MR) is 54.7 cm³/mol. The summed E-state index contributed by atoms with van der Waals surface area (Å²) in [6.07, 6.45) is 0.220. The van der Waals surface area contributed by atoms with Crippen molar-refractivity contribution in [2.75, 3.05) is 6.54 Å². The lowest BCUT2D eigenvalue weighted by Gasteiger charge is -2.20. The minimum atomic E-state index is -0.509. The first-order valence-electron chi connectivity index (χ1n) is 4.82. The molecule has 0 aromatic heterocycles. The van der Waals surface area contributed by atoms with E-state index in [0.29, 0.717) is 13.0 Å². The first kappa shape index (κ1) is 9.83. The molecule has 1 saturated heterocycles. The Morgan fingerprint density at radius 3 is 3.00 bits per heavy atom. The monoisotopic (exact) mass is 207 g/mol. The molecule has 0 radical (unpaired) electrons. The molecule has 1 amide bonds. The van der Waals surface area contributed by atoms with E-state index in [1.165, 1.54) is 0 Å². The van der Waals surface area contributed by atoms with Crippen LogP contribution in [0.1, 0.15) is 12.5 Å². The van der Waals surface area contributed by atoms with E-state index in [4.69, 9.17) is 4.74 Å². The SMILES string of the molecule is CC1(Cc2cccc(O)c2)CNC(=O)O1. The number of phenolic OH excluding ortho intramolecular Hbond substituents is 1. The Balaban J connectivity index is 2.11. The first-order chi connectivity index (χ1) is 7.07. The molecule has 0 saturated carbocycles. The molecule has 0 spiro atoms. The maximum Gasteiger partial charge on any atom is 0.407 e. The molecule has 4 nitrogen and oxygen atoms in total. The zero-order valence-electron chi connectivity index (χ0n) is 8.49. The van der Waals surface area contributed by atoms with Crippen LogP contribution in [0.25, 0.3) is 0 Å². The number of hydrogen-bond donors (Lipinski definition) is 2. The zero-order valence-corrected chi connectivity index (χ0v) is 8.49. The molecule has 15 heavy (non-hydrogen) atoms. The van der Waals surface area contributed by atoms with Crippen LogP contribution in [0.15, 0.2) is 24.3 Å². The van der Waals surface area contributed by atoms with E-state index >= 15 is 0 Å². The summed E-state index contributed by atoms with van der Waals surface area (Å²) in [5.74, 6) is 0.230. The second-order valence-electron chi connectivity index (χ2n) is 4.04. The van der Waals surface area contributed by atoms with Gasteiger partial charge in [0.25, 0.3) is 0 Å². The van der Waals surface area contributed by atoms with Gasteiger partial charge in [-0.1, -0.05) is 12.1 Å². The fourth-order valence-electron chi connectivity index (χ4n) is 1.75. The standard InChI is InChI=1S/C11H13NO3/c1-11(7-12-10(14)15-11)6-8-3-2-4-9(13)5-8/h2-5,13H,6-7H2,1H3,(H,12,14). The molecule has 1 heterocycles. The number of alkyl carbamates (subject to hydrolysis) is 1. The number of phenols is 1. The molecule has 2 N–H and O–H groups in total. The normalized spacial score (nSPS) is 24.7. The molecule has 0 bridgehead atoms. The van der Waals surface area contributed by atoms with Crippen molar-refractivity contribution < 1.29 is 14.6 Å². The zero-order chi connectivity index (χ0) is 10.9. The number of carbonyl (C=O) groups excluding carboxylic acids is 1. The van der Waals surface area contributed by atoms with Gasteiger partial charge in [-0.15, -0.1) is 0 Å². The van der Waals surface area contributed by atoms with Crippen LogP contribution in [0.2, 0.25) is 0 Å². The van der Waals surface area contributed by atoms with Gasteiger partial charge in [0.2, 0.25) is 0 Å². The highest BCUT2D eigenvalue weighted by atomic mass is 16.6. The molecule has 0 aliphatic carbocycles. The van der Waals surface area contributed by atoms with Gasteiger partial charge in [-0.2, -0.15) is 0 Å². The largest absolute Gasteiger partial charge is 0.508 e. The van der Waals surface area contributed by atoms with E-state index in [0.717, 1.165) is 5.56 Å². The van der Waals surface area contributed by atoms with Crippen molar-refractivity contribution in [2.45, 2.75) is 18.9 Å². The molecular formula is C11H13NO3. The van der Waals surface area contributed by atoms with Gasteiger partial charge in [0.05, 0.1) is 6.54 Å². The number of ether oxygens (including phenoxy) is 1. The molecule has 2 rings (SSSR count). The van der Waals surface area contributed by atoms with Crippen LogP contribution in [0.5, 0.6) is 5.75 Å². The van der Waals surface area contributed by atoms with Gasteiger partial charge in [0, 0.05) is 6.42 Å². The quantitative estimate of drug-likeness (QED) is 0.771. The maximum absolute atomic E-state index is 10.9. The molecule has 1 aliphatic heterocycles. The number of rotatable bonds is 2. The van der Waals surface area contributed by atoms with E-state index < -0.39 is 5.60 Å². The van der Waals surface area contributed by atoms with Crippen LogP contribution in [0, 0.1) is 0 Å². The van der Waals surface area contributed by atoms with Crippen LogP contribution >= 0.6 is 0 Å². The third-order valence-corrected chi connectivity index (χ3v) is 2.43. The topological polar surface area (TPSA) is 58.6 Å². The number of cyclic esters (lactones) is 1. The third-order valence-electron chi connectivity index (χ3n) is 2.43. The summed E-state index contributed by atoms with van der Waals surface area (Å²) in [6, 6.07) is 6.97. The maximum atomic E-state index is 10.9. The molecule has 4 heteroatoms. The minimum absolute atomic E-state index is 0.230. The van der Waals surface area contributed by atoms with Gasteiger partial charge >= 0.3 is 6.09 Å². The average Bonchev–Trinajstić information content (AvgIpc) is 2.45. The fraction of sp³-hybridized carbons (Fsp3) is 0.364. The number of hydrogen-bond acceptors (Lipinski definition) is 3. The van der Waals surface area contributed by atoms with Gasteiger partial charge in [0.15, 0.2) is 0 Å². The van der Waals surface area contributed by atoms with Crippen molar-refractivity contribution in [3.8, 4) is 5.75 Å². The van der Waals surface area contributed by atoms with Gasteiger partial charge in [-0.3, -0.25) is 0 Å². The Morgan fingerprint density at radius 1 is 1.60 bits per heavy atom. The Morgan fingerprint density at radius 2 is 2.40 bits per heavy atom. The van der Waals surface area contributed by atoms with E-state index in [1.807, 2.05) is 13.0 Å². The molecule has 1 aliphatic rings. The van der Waals surface area contributed by atoms with E-state index in [-0.39, 0.29) is 11.8 Å². The number of aromatic hydroxyl groups is 1. The lowest BCUT2D eigenvalue weighted by atomic mass is 9.97. The van der Waals surface area contributed by atoms with Crippen LogP contribution in [0.3, 0.4) is 0 Å². The smallest absolute Gasteiger partial charge is 0.407 e. The molecule has 1 aromatic rings. The average molecular weight is 207 g/mol. The summed E-state index contributed by atoms with van der Waals surface area (Å²) in [5.41, 5.74) is 0.444. The fourth-order valence-corrected chi connectivity index (χ4v) is 1.75. The highest BCUT2D eigenvalue weighted by Crippen LogP contribution is 2.22. The third kappa shape index (κ3) is 2.21. The molecule has 1 aromatic carbocycles. The van der Waals surface area contributed by atoms with Crippen molar-refractivity contribution in [1.29, 1.82) is 0 Å². The van der Waals surface area contributed by atoms with Crippen LogP contribution < -0.4 is 5.32 Å². The highest BCUT2D eigenvalue weighted by molar-refractivity contribution is 5.70. The van der Waals surface area contributed by atoms with Crippen LogP contribution in [-0.2, 0) is 11.2 Å². The van der Waals surface area contributed by atoms with Crippen molar-refractivity contribution in [1.82, 2.24) is 5.32 Å². The summed E-state index contributed by atoms with van der Waals surface area (Å²) in [6.45, 7) is 2.37. The van der Waals surface area contributed by atoms with Crippen LogP contribution in [-0.4, -0.2) is 23.3 Å². The predicted octanol–water partition coefficient (Wildman–Crippen LogP) is 1.43. The van der Waals surface area contributed by atoms with Gasteiger partial charge in [-0.05, 0) is 24.6 Å². The van der Waals surface area contributed by atoms with Gasteiger partial charge < -0.3 is 15.2 Å². The number of benzene rings is 1. The molecular weight excluding hydrogens is 194 g/mol. The van der Waals surface area contributed by atoms with Crippen molar-refractivity contribution in [2.24, 2.45) is 0 Å². The lowest BCUT2D eigenvalue weighted by Crippen LogP contribution is -2.31. The Hall–Kier alpha value is -1.71. The summed E-state index contributed by atoms with van der Waals surface area (Å²) < 4.78 is 5.16. The van der Waals surface area contributed by atoms with Crippen molar-refractivity contribution in [3.05, 3.63) is 29.8 Å². The van der Waals surface area contributed by atoms with E-state index in [9.17, 15) is 9.90 Å². The Kier molecular flexibility index (Phi) is 2.26. The summed E-state index contributed by atoms with van der Waals surface area (Å²) in [7, 11) is 0. The second kappa shape index (κ2) is 3.46. The molecule has 1 fully saturated rings. The molecule has 1 atom stereocenters. The van der Waals surface area contributed by atoms with Crippen molar-refractivity contribution >= 4 is 6.09 Å². The van der Waals surface area contributed by atoms with Crippen LogP contribution in [0.4, 0.5) is 4.79 Å². The summed E-state index contributed by atoms with van der Waals surface area (Å²) >= 11 is 0. The van der Waals surface area contributed by atoms with E-state index in [2.05, 4.69) is 5.32 Å². The number of carbonyl (C=O) groups is 1. The second-order valence-corrected chi connectivity index (χ2v) is 4.04. The summed E-state index contributed by atoms with van der Waals surface area (Å²) in [5, 5.41) is 11.9. The minimum Gasteiger partial charge on any atom is -0.508 e. The Bertz CT molecular complexity index is 391. The Labute approximate surface area is 87.9 Å². The first-order valence-corrected chi connectivity index (χ1v) is 4.82. The van der Waals surface area contributed by atoms with Crippen molar-refractivity contribution in [3.63, 3.8) is 0 Å². The lowest BCUT2D eigenvalue weighted by molar-refractivity contribution is 0.0725. The highest BCUT2D eigenvalue weighted by Gasteiger charge is 2.35. The number of nitrogens with one attached hydrogen (secondary N) is 1. The van der Waals surface area contributed by atoms with Gasteiger partial charge in [-0.25, -0.2) is 4.79 Å². The molecule has 1 unspecified atom stereocenters. The van der Waals surface area contributed by atoms with E-state index in [1.54, 1.807) is 18.2 Å². The van der Waals surface area contributed by atoms with Gasteiger partial charge in [0.1, 0.15) is 11.4 Å². The summed E-state index contributed by atoms with van der Waals surface area (Å²) in [4.78, 5) is 10.9. The molecule has 80 valence electrons.